The SMILES string of the molecule is CCOC(=O)CN(CC)S(=O)(=O)c1c(F)cc(N)cc1F. The molecular formula is C12H16F2N2O4S. The number of benzene rings is 1. The molecule has 0 saturated carbocycles. The molecule has 1 rings (SSSR count). The summed E-state index contributed by atoms with van der Waals surface area (Å²) in [6, 6.07) is 1.41. The first-order valence-electron chi connectivity index (χ1n) is 6.14. The van der Waals surface area contributed by atoms with Crippen LogP contribution in [0.25, 0.3) is 0 Å². The number of carbonyl (C=O) groups excluding carboxylic acids is 1. The molecule has 6 nitrogen and oxygen atoms in total. The molecule has 0 aromatic heterocycles. The van der Waals surface area contributed by atoms with Crippen LogP contribution in [-0.2, 0) is 19.6 Å². The molecule has 0 heterocycles. The van der Waals surface area contributed by atoms with Crippen molar-refractivity contribution in [2.24, 2.45) is 0 Å². The summed E-state index contributed by atoms with van der Waals surface area (Å²) in [6.45, 7) is 2.28. The maximum Gasteiger partial charge on any atom is 0.321 e. The van der Waals surface area contributed by atoms with E-state index in [4.69, 9.17) is 5.73 Å². The minimum absolute atomic E-state index is 0.0705. The topological polar surface area (TPSA) is 89.7 Å². The number of anilines is 1. The van der Waals surface area contributed by atoms with E-state index in [2.05, 4.69) is 4.74 Å². The lowest BCUT2D eigenvalue weighted by molar-refractivity contribution is -0.143. The first-order chi connectivity index (χ1) is 9.73. The highest BCUT2D eigenvalue weighted by molar-refractivity contribution is 7.89. The van der Waals surface area contributed by atoms with Gasteiger partial charge in [-0.25, -0.2) is 17.2 Å². The molecule has 1 aromatic rings. The van der Waals surface area contributed by atoms with E-state index in [1.165, 1.54) is 6.92 Å². The molecule has 0 bridgehead atoms. The van der Waals surface area contributed by atoms with Gasteiger partial charge in [0.15, 0.2) is 4.90 Å². The van der Waals surface area contributed by atoms with E-state index in [0.29, 0.717) is 16.4 Å². The summed E-state index contributed by atoms with van der Waals surface area (Å²) in [6.07, 6.45) is 0. The number of esters is 1. The lowest BCUT2D eigenvalue weighted by Gasteiger charge is -2.20. The van der Waals surface area contributed by atoms with E-state index in [-0.39, 0.29) is 18.8 Å². The largest absolute Gasteiger partial charge is 0.465 e. The van der Waals surface area contributed by atoms with Gasteiger partial charge in [0.2, 0.25) is 10.0 Å². The summed E-state index contributed by atoms with van der Waals surface area (Å²) < 4.78 is 57.3. The van der Waals surface area contributed by atoms with E-state index < -0.39 is 39.1 Å². The number of carbonyl (C=O) groups is 1. The molecule has 0 saturated heterocycles. The first kappa shape index (κ1) is 17.3. The Morgan fingerprint density at radius 2 is 1.81 bits per heavy atom. The van der Waals surface area contributed by atoms with Crippen LogP contribution in [0, 0.1) is 11.6 Å². The molecule has 0 spiro atoms. The highest BCUT2D eigenvalue weighted by Crippen LogP contribution is 2.24. The molecular weight excluding hydrogens is 306 g/mol. The van der Waals surface area contributed by atoms with Gasteiger partial charge in [0.05, 0.1) is 6.61 Å². The highest BCUT2D eigenvalue weighted by Gasteiger charge is 2.31. The van der Waals surface area contributed by atoms with Gasteiger partial charge < -0.3 is 10.5 Å². The second-order valence-electron chi connectivity index (χ2n) is 4.05. The van der Waals surface area contributed by atoms with Gasteiger partial charge in [-0.1, -0.05) is 6.92 Å². The number of nitrogen functional groups attached to an aromatic ring is 1. The first-order valence-corrected chi connectivity index (χ1v) is 7.58. The number of ether oxygens (including phenoxy) is 1. The van der Waals surface area contributed by atoms with Crippen LogP contribution in [-0.4, -0.2) is 38.4 Å². The van der Waals surface area contributed by atoms with E-state index in [1.807, 2.05) is 0 Å². The zero-order valence-corrected chi connectivity index (χ0v) is 12.4. The van der Waals surface area contributed by atoms with Gasteiger partial charge in [-0.2, -0.15) is 4.31 Å². The number of sulfonamides is 1. The van der Waals surface area contributed by atoms with Gasteiger partial charge >= 0.3 is 5.97 Å². The molecule has 0 unspecified atom stereocenters. The van der Waals surface area contributed by atoms with Crippen molar-refractivity contribution < 1.29 is 26.7 Å². The summed E-state index contributed by atoms with van der Waals surface area (Å²) in [5.41, 5.74) is 5.00. The monoisotopic (exact) mass is 322 g/mol. The molecule has 0 atom stereocenters. The molecule has 1 aromatic carbocycles. The van der Waals surface area contributed by atoms with Crippen LogP contribution in [0.2, 0.25) is 0 Å². The Morgan fingerprint density at radius 1 is 1.29 bits per heavy atom. The molecule has 9 heteroatoms. The average molecular weight is 322 g/mol. The number of likely N-dealkylation sites (N-methyl/N-ethyl adjacent to an activating group) is 1. The van der Waals surface area contributed by atoms with Crippen LogP contribution in [0.4, 0.5) is 14.5 Å². The second kappa shape index (κ2) is 6.81. The minimum atomic E-state index is -4.52. The van der Waals surface area contributed by atoms with Crippen molar-refractivity contribution in [1.82, 2.24) is 4.31 Å². The number of rotatable bonds is 6. The standard InChI is InChI=1S/C12H16F2N2O4S/c1-3-16(7-11(17)20-4-2)21(18,19)12-9(13)5-8(15)6-10(12)14/h5-6H,3-4,7,15H2,1-2H3. The number of nitrogens with two attached hydrogens (primary N) is 1. The van der Waals surface area contributed by atoms with Crippen molar-refractivity contribution in [3.05, 3.63) is 23.8 Å². The summed E-state index contributed by atoms with van der Waals surface area (Å²) in [7, 11) is -4.52. The Labute approximate surface area is 121 Å². The zero-order chi connectivity index (χ0) is 16.2. The van der Waals surface area contributed by atoms with Crippen LogP contribution in [0.15, 0.2) is 17.0 Å². The minimum Gasteiger partial charge on any atom is -0.465 e. The Kier molecular flexibility index (Phi) is 5.62. The van der Waals surface area contributed by atoms with E-state index >= 15 is 0 Å². The van der Waals surface area contributed by atoms with Crippen molar-refractivity contribution in [1.29, 1.82) is 0 Å². The van der Waals surface area contributed by atoms with E-state index in [0.717, 1.165) is 0 Å². The van der Waals surface area contributed by atoms with Crippen LogP contribution in [0.5, 0.6) is 0 Å². The normalized spacial score (nSPS) is 11.7. The van der Waals surface area contributed by atoms with Crippen molar-refractivity contribution in [2.45, 2.75) is 18.7 Å². The van der Waals surface area contributed by atoms with Crippen molar-refractivity contribution >= 4 is 21.7 Å². The third-order valence-electron chi connectivity index (χ3n) is 2.58. The predicted molar refractivity (Wildman–Crippen MR) is 71.8 cm³/mol. The van der Waals surface area contributed by atoms with Gasteiger partial charge in [0.1, 0.15) is 18.2 Å². The van der Waals surface area contributed by atoms with Gasteiger partial charge in [-0.05, 0) is 19.1 Å². The summed E-state index contributed by atoms with van der Waals surface area (Å²) >= 11 is 0. The molecule has 21 heavy (non-hydrogen) atoms. The Balaban J connectivity index is 3.23. The fourth-order valence-electron chi connectivity index (χ4n) is 1.67. The fraction of sp³-hybridized carbons (Fsp3) is 0.417. The van der Waals surface area contributed by atoms with Gasteiger partial charge in [0, 0.05) is 12.2 Å². The van der Waals surface area contributed by atoms with Gasteiger partial charge in [0.25, 0.3) is 0 Å². The third kappa shape index (κ3) is 3.88. The van der Waals surface area contributed by atoms with Crippen molar-refractivity contribution in [3.63, 3.8) is 0 Å². The van der Waals surface area contributed by atoms with Crippen molar-refractivity contribution in [2.75, 3.05) is 25.4 Å². The molecule has 0 aliphatic carbocycles. The Morgan fingerprint density at radius 3 is 2.24 bits per heavy atom. The van der Waals surface area contributed by atoms with Crippen LogP contribution < -0.4 is 5.73 Å². The smallest absolute Gasteiger partial charge is 0.321 e. The number of halogens is 2. The van der Waals surface area contributed by atoms with Gasteiger partial charge in [-0.15, -0.1) is 0 Å². The molecule has 2 N–H and O–H groups in total. The highest BCUT2D eigenvalue weighted by atomic mass is 32.2. The quantitative estimate of drug-likeness (QED) is 0.626. The van der Waals surface area contributed by atoms with Crippen LogP contribution >= 0.6 is 0 Å². The molecule has 0 aliphatic rings. The van der Waals surface area contributed by atoms with E-state index in [1.54, 1.807) is 6.92 Å². The zero-order valence-electron chi connectivity index (χ0n) is 11.6. The maximum atomic E-state index is 13.7. The fourth-order valence-corrected chi connectivity index (χ4v) is 3.16. The molecule has 0 fully saturated rings. The van der Waals surface area contributed by atoms with Crippen LogP contribution in [0.3, 0.4) is 0 Å². The summed E-state index contributed by atoms with van der Waals surface area (Å²) in [5.74, 6) is -3.43. The van der Waals surface area contributed by atoms with Gasteiger partial charge in [-0.3, -0.25) is 4.79 Å². The third-order valence-corrected chi connectivity index (χ3v) is 4.56. The molecule has 0 amide bonds. The molecule has 0 aliphatic heterocycles. The number of hydrogen-bond donors (Lipinski definition) is 1. The number of nitrogens with zero attached hydrogens (tertiary/aromatic N) is 1. The second-order valence-corrected chi connectivity index (χ2v) is 5.92. The number of hydrogen-bond acceptors (Lipinski definition) is 5. The molecule has 118 valence electrons. The predicted octanol–water partition coefficient (Wildman–Crippen LogP) is 1.12. The average Bonchev–Trinajstić information content (AvgIpc) is 2.34. The molecule has 0 radical (unpaired) electrons. The van der Waals surface area contributed by atoms with Crippen molar-refractivity contribution in [3.8, 4) is 0 Å². The van der Waals surface area contributed by atoms with Crippen LogP contribution in [0.1, 0.15) is 13.8 Å². The lowest BCUT2D eigenvalue weighted by Crippen LogP contribution is -2.37. The Bertz CT molecular complexity index is 611. The maximum absolute atomic E-state index is 13.7. The van der Waals surface area contributed by atoms with E-state index in [9.17, 15) is 22.0 Å². The summed E-state index contributed by atoms with van der Waals surface area (Å²) in [5, 5.41) is 0. The Hall–Kier alpha value is -1.74. The summed E-state index contributed by atoms with van der Waals surface area (Å²) in [4.78, 5) is 10.2. The lowest BCUT2D eigenvalue weighted by atomic mass is 10.3.